The Morgan fingerprint density at radius 3 is 2.38 bits per heavy atom. The van der Waals surface area contributed by atoms with Crippen molar-refractivity contribution in [1.82, 2.24) is 9.78 Å². The molecule has 3 rings (SSSR count). The molecule has 0 radical (unpaired) electrons. The first-order chi connectivity index (χ1) is 10.1. The van der Waals surface area contributed by atoms with Gasteiger partial charge >= 0.3 is 0 Å². The van der Waals surface area contributed by atoms with E-state index in [2.05, 4.69) is 21.0 Å². The van der Waals surface area contributed by atoms with E-state index < -0.39 is 0 Å². The predicted octanol–water partition coefficient (Wildman–Crippen LogP) is 4.60. The lowest BCUT2D eigenvalue weighted by atomic mass is 10.1. The van der Waals surface area contributed by atoms with Gasteiger partial charge in [0, 0.05) is 21.3 Å². The smallest absolute Gasteiger partial charge is 0.115 e. The monoisotopic (exact) mass is 361 g/mol. The Morgan fingerprint density at radius 2 is 1.71 bits per heavy atom. The summed E-state index contributed by atoms with van der Waals surface area (Å²) in [5.41, 5.74) is 9.68. The molecule has 0 spiro atoms. The molecular formula is C16H13BrClN3. The maximum atomic E-state index is 6.07. The fourth-order valence-electron chi connectivity index (χ4n) is 2.13. The van der Waals surface area contributed by atoms with Crippen molar-refractivity contribution in [2.24, 2.45) is 0 Å². The SMILES string of the molecule is Nc1cn(Cc2ccc(Cl)cc2)nc1-c1ccc(Br)cc1. The number of anilines is 1. The van der Waals surface area contributed by atoms with Crippen LogP contribution in [0.15, 0.2) is 59.2 Å². The van der Waals surface area contributed by atoms with Gasteiger partial charge in [0.25, 0.3) is 0 Å². The first-order valence-corrected chi connectivity index (χ1v) is 7.62. The Bertz CT molecular complexity index is 748. The minimum absolute atomic E-state index is 0.665. The highest BCUT2D eigenvalue weighted by atomic mass is 79.9. The first kappa shape index (κ1) is 14.2. The van der Waals surface area contributed by atoms with E-state index in [0.717, 1.165) is 26.3 Å². The van der Waals surface area contributed by atoms with Crippen LogP contribution in [0.1, 0.15) is 5.56 Å². The minimum atomic E-state index is 0.665. The lowest BCUT2D eigenvalue weighted by Crippen LogP contribution is -2.00. The van der Waals surface area contributed by atoms with E-state index in [1.54, 1.807) is 0 Å². The predicted molar refractivity (Wildman–Crippen MR) is 90.3 cm³/mol. The second-order valence-corrected chi connectivity index (χ2v) is 6.12. The molecule has 21 heavy (non-hydrogen) atoms. The summed E-state index contributed by atoms with van der Waals surface area (Å²) in [6.07, 6.45) is 1.85. The highest BCUT2D eigenvalue weighted by molar-refractivity contribution is 9.10. The highest BCUT2D eigenvalue weighted by Crippen LogP contribution is 2.25. The van der Waals surface area contributed by atoms with Crippen molar-refractivity contribution in [3.8, 4) is 11.3 Å². The number of hydrogen-bond acceptors (Lipinski definition) is 2. The molecule has 3 nitrogen and oxygen atoms in total. The van der Waals surface area contributed by atoms with E-state index in [9.17, 15) is 0 Å². The van der Waals surface area contributed by atoms with Crippen LogP contribution in [-0.4, -0.2) is 9.78 Å². The molecule has 106 valence electrons. The summed E-state index contributed by atoms with van der Waals surface area (Å²) >= 11 is 9.31. The highest BCUT2D eigenvalue weighted by Gasteiger charge is 2.08. The van der Waals surface area contributed by atoms with Gasteiger partial charge in [0.2, 0.25) is 0 Å². The van der Waals surface area contributed by atoms with Gasteiger partial charge in [-0.1, -0.05) is 51.8 Å². The van der Waals surface area contributed by atoms with Crippen molar-refractivity contribution >= 4 is 33.2 Å². The lowest BCUT2D eigenvalue weighted by molar-refractivity contribution is 0.689. The van der Waals surface area contributed by atoms with E-state index in [-0.39, 0.29) is 0 Å². The lowest BCUT2D eigenvalue weighted by Gasteiger charge is -2.02. The molecule has 0 fully saturated rings. The van der Waals surface area contributed by atoms with Gasteiger partial charge in [0.15, 0.2) is 0 Å². The summed E-state index contributed by atoms with van der Waals surface area (Å²) < 4.78 is 2.88. The third-order valence-corrected chi connectivity index (χ3v) is 3.95. The molecule has 0 aliphatic heterocycles. The molecule has 2 N–H and O–H groups in total. The number of nitrogens with zero attached hydrogens (tertiary/aromatic N) is 2. The molecule has 3 aromatic rings. The van der Waals surface area contributed by atoms with Gasteiger partial charge in [0.1, 0.15) is 5.69 Å². The maximum absolute atomic E-state index is 6.07. The molecule has 0 saturated carbocycles. The summed E-state index contributed by atoms with van der Waals surface area (Å²) in [6, 6.07) is 15.7. The maximum Gasteiger partial charge on any atom is 0.115 e. The fraction of sp³-hybridized carbons (Fsp3) is 0.0625. The van der Waals surface area contributed by atoms with E-state index >= 15 is 0 Å². The largest absolute Gasteiger partial charge is 0.396 e. The van der Waals surface area contributed by atoms with Crippen molar-refractivity contribution in [3.05, 3.63) is 69.8 Å². The van der Waals surface area contributed by atoms with Crippen LogP contribution in [0.5, 0.6) is 0 Å². The Hall–Kier alpha value is -1.78. The Morgan fingerprint density at radius 1 is 1.05 bits per heavy atom. The molecule has 1 aromatic heterocycles. The quantitative estimate of drug-likeness (QED) is 0.740. The Kier molecular flexibility index (Phi) is 3.99. The van der Waals surface area contributed by atoms with Crippen LogP contribution in [0.2, 0.25) is 5.02 Å². The van der Waals surface area contributed by atoms with Crippen LogP contribution in [0, 0.1) is 0 Å². The van der Waals surface area contributed by atoms with Gasteiger partial charge in [-0.05, 0) is 29.8 Å². The molecule has 0 aliphatic rings. The van der Waals surface area contributed by atoms with Gasteiger partial charge in [-0.2, -0.15) is 5.10 Å². The standard InChI is InChI=1S/C16H13BrClN3/c17-13-5-3-12(4-6-13)16-15(19)10-21(20-16)9-11-1-7-14(18)8-2-11/h1-8,10H,9,19H2. The van der Waals surface area contributed by atoms with Gasteiger partial charge in [-0.25, -0.2) is 0 Å². The second kappa shape index (κ2) is 5.92. The molecule has 0 unspecified atom stereocenters. The topological polar surface area (TPSA) is 43.8 Å². The zero-order valence-corrected chi connectivity index (χ0v) is 13.5. The molecule has 0 saturated heterocycles. The average Bonchev–Trinajstić information content (AvgIpc) is 2.83. The number of nitrogen functional groups attached to an aromatic ring is 1. The molecule has 0 amide bonds. The van der Waals surface area contributed by atoms with Crippen LogP contribution in [0.3, 0.4) is 0 Å². The molecular weight excluding hydrogens is 350 g/mol. The number of aromatic nitrogens is 2. The second-order valence-electron chi connectivity index (χ2n) is 4.76. The van der Waals surface area contributed by atoms with Gasteiger partial charge in [-0.3, -0.25) is 4.68 Å². The molecule has 0 atom stereocenters. The van der Waals surface area contributed by atoms with E-state index in [0.29, 0.717) is 12.2 Å². The third-order valence-electron chi connectivity index (χ3n) is 3.17. The minimum Gasteiger partial charge on any atom is -0.396 e. The zero-order chi connectivity index (χ0) is 14.8. The van der Waals surface area contributed by atoms with Crippen molar-refractivity contribution < 1.29 is 0 Å². The number of hydrogen-bond donors (Lipinski definition) is 1. The van der Waals surface area contributed by atoms with Crippen molar-refractivity contribution in [2.45, 2.75) is 6.54 Å². The zero-order valence-electron chi connectivity index (χ0n) is 11.1. The fourth-order valence-corrected chi connectivity index (χ4v) is 2.52. The normalized spacial score (nSPS) is 10.8. The Labute approximate surface area is 136 Å². The average molecular weight is 363 g/mol. The molecule has 2 aromatic carbocycles. The summed E-state index contributed by atoms with van der Waals surface area (Å²) in [5.74, 6) is 0. The van der Waals surface area contributed by atoms with Crippen LogP contribution in [-0.2, 0) is 6.54 Å². The molecule has 0 bridgehead atoms. The number of benzene rings is 2. The summed E-state index contributed by atoms with van der Waals surface area (Å²) in [5, 5.41) is 5.30. The molecule has 0 aliphatic carbocycles. The van der Waals surface area contributed by atoms with E-state index in [1.165, 1.54) is 0 Å². The number of rotatable bonds is 3. The summed E-state index contributed by atoms with van der Waals surface area (Å²) in [6.45, 7) is 0.665. The van der Waals surface area contributed by atoms with Gasteiger partial charge in [0.05, 0.1) is 12.2 Å². The van der Waals surface area contributed by atoms with Crippen LogP contribution >= 0.6 is 27.5 Å². The van der Waals surface area contributed by atoms with Crippen LogP contribution in [0.25, 0.3) is 11.3 Å². The Balaban J connectivity index is 1.87. The van der Waals surface area contributed by atoms with Crippen LogP contribution in [0.4, 0.5) is 5.69 Å². The van der Waals surface area contributed by atoms with Crippen molar-refractivity contribution in [2.75, 3.05) is 5.73 Å². The third kappa shape index (κ3) is 3.28. The summed E-state index contributed by atoms with van der Waals surface area (Å²) in [4.78, 5) is 0. The van der Waals surface area contributed by atoms with Crippen molar-refractivity contribution in [3.63, 3.8) is 0 Å². The van der Waals surface area contributed by atoms with Gasteiger partial charge < -0.3 is 5.73 Å². The first-order valence-electron chi connectivity index (χ1n) is 6.45. The van der Waals surface area contributed by atoms with E-state index in [4.69, 9.17) is 17.3 Å². The summed E-state index contributed by atoms with van der Waals surface area (Å²) in [7, 11) is 0. The van der Waals surface area contributed by atoms with Crippen LogP contribution < -0.4 is 5.73 Å². The number of nitrogens with two attached hydrogens (primary N) is 1. The molecule has 1 heterocycles. The van der Waals surface area contributed by atoms with E-state index in [1.807, 2.05) is 59.4 Å². The van der Waals surface area contributed by atoms with Gasteiger partial charge in [-0.15, -0.1) is 0 Å². The number of halogens is 2. The van der Waals surface area contributed by atoms with Crippen molar-refractivity contribution in [1.29, 1.82) is 0 Å². The molecule has 5 heteroatoms.